The van der Waals surface area contributed by atoms with Crippen LogP contribution in [0, 0.1) is 13.8 Å². The Kier molecular flexibility index (Phi) is 3.52. The number of nitrogens with zero attached hydrogens (tertiary/aromatic N) is 1. The van der Waals surface area contributed by atoms with Gasteiger partial charge in [0, 0.05) is 6.21 Å². The van der Waals surface area contributed by atoms with E-state index < -0.39 is 0 Å². The van der Waals surface area contributed by atoms with Crippen LogP contribution >= 0.6 is 0 Å². The van der Waals surface area contributed by atoms with Crippen LogP contribution in [0.1, 0.15) is 18.4 Å². The van der Waals surface area contributed by atoms with Crippen molar-refractivity contribution in [2.24, 2.45) is 4.99 Å². The highest BCUT2D eigenvalue weighted by atomic mass is 14.7. The fourth-order valence-electron chi connectivity index (χ4n) is 0.892. The van der Waals surface area contributed by atoms with Crippen molar-refractivity contribution in [3.8, 4) is 0 Å². The molecule has 0 saturated carbocycles. The molecule has 1 radical (unpaired) electrons. The summed E-state index contributed by atoms with van der Waals surface area (Å²) < 4.78 is 0. The first kappa shape index (κ1) is 8.98. The molecular weight excluding hydrogens is 146 g/mol. The largest absolute Gasteiger partial charge is 0.261 e. The average Bonchev–Trinajstić information content (AvgIpc) is 2.09. The Balaban J connectivity index is 2.58. The van der Waals surface area contributed by atoms with Gasteiger partial charge in [-0.2, -0.15) is 0 Å². The van der Waals surface area contributed by atoms with Crippen molar-refractivity contribution in [2.75, 3.05) is 0 Å². The molecule has 12 heavy (non-hydrogen) atoms. The molecular formula is C11H14N. The van der Waals surface area contributed by atoms with E-state index in [9.17, 15) is 0 Å². The number of aliphatic imine (C=N–C) groups is 1. The summed E-state index contributed by atoms with van der Waals surface area (Å²) in [5, 5.41) is 0. The van der Waals surface area contributed by atoms with Crippen LogP contribution in [0.3, 0.4) is 0 Å². The standard InChI is InChI=1S/C11H14N/c1-3-4-9-12-11-7-5-10(2)6-8-11/h5-9H,1,3-4H2,2H3. The van der Waals surface area contributed by atoms with E-state index in [1.165, 1.54) is 5.56 Å². The number of rotatable bonds is 3. The zero-order chi connectivity index (χ0) is 8.81. The molecule has 1 nitrogen and oxygen atoms in total. The minimum Gasteiger partial charge on any atom is -0.261 e. The van der Waals surface area contributed by atoms with Gasteiger partial charge in [0.25, 0.3) is 0 Å². The molecule has 1 aromatic rings. The third-order valence-electron chi connectivity index (χ3n) is 1.61. The first-order chi connectivity index (χ1) is 5.83. The molecule has 1 rings (SSSR count). The quantitative estimate of drug-likeness (QED) is 0.601. The minimum absolute atomic E-state index is 0.912. The van der Waals surface area contributed by atoms with Crippen molar-refractivity contribution >= 4 is 11.9 Å². The van der Waals surface area contributed by atoms with E-state index in [1.54, 1.807) is 0 Å². The van der Waals surface area contributed by atoms with Gasteiger partial charge < -0.3 is 0 Å². The smallest absolute Gasteiger partial charge is 0.0625 e. The summed E-state index contributed by atoms with van der Waals surface area (Å²) in [5.74, 6) is 0. The molecule has 0 aliphatic rings. The highest BCUT2D eigenvalue weighted by Gasteiger charge is 1.85. The highest BCUT2D eigenvalue weighted by molar-refractivity contribution is 5.63. The van der Waals surface area contributed by atoms with Gasteiger partial charge in [-0.25, -0.2) is 0 Å². The number of hydrogen-bond donors (Lipinski definition) is 0. The summed E-state index contributed by atoms with van der Waals surface area (Å²) in [6.07, 6.45) is 3.78. The van der Waals surface area contributed by atoms with Crippen molar-refractivity contribution in [3.05, 3.63) is 36.8 Å². The molecule has 0 N–H and O–H groups in total. The maximum absolute atomic E-state index is 4.27. The van der Waals surface area contributed by atoms with Crippen LogP contribution in [0.25, 0.3) is 0 Å². The van der Waals surface area contributed by atoms with E-state index in [1.807, 2.05) is 18.3 Å². The van der Waals surface area contributed by atoms with Crippen molar-refractivity contribution in [1.29, 1.82) is 0 Å². The van der Waals surface area contributed by atoms with Crippen molar-refractivity contribution < 1.29 is 0 Å². The summed E-state index contributed by atoms with van der Waals surface area (Å²) >= 11 is 0. The van der Waals surface area contributed by atoms with Crippen LogP contribution in [0.2, 0.25) is 0 Å². The lowest BCUT2D eigenvalue weighted by Gasteiger charge is -1.93. The van der Waals surface area contributed by atoms with E-state index in [0.717, 1.165) is 18.5 Å². The maximum Gasteiger partial charge on any atom is 0.0625 e. The lowest BCUT2D eigenvalue weighted by molar-refractivity contribution is 1.11. The Morgan fingerprint density at radius 3 is 2.58 bits per heavy atom. The van der Waals surface area contributed by atoms with Gasteiger partial charge in [-0.05, 0) is 31.9 Å². The predicted octanol–water partition coefficient (Wildman–Crippen LogP) is 3.31. The second-order valence-electron chi connectivity index (χ2n) is 2.79. The van der Waals surface area contributed by atoms with Crippen molar-refractivity contribution in [3.63, 3.8) is 0 Å². The van der Waals surface area contributed by atoms with Crippen LogP contribution in [-0.2, 0) is 0 Å². The highest BCUT2D eigenvalue weighted by Crippen LogP contribution is 2.11. The van der Waals surface area contributed by atoms with E-state index >= 15 is 0 Å². The Hall–Kier alpha value is -1.11. The Morgan fingerprint density at radius 2 is 2.00 bits per heavy atom. The molecule has 1 heteroatoms. The molecule has 0 saturated heterocycles. The van der Waals surface area contributed by atoms with Crippen LogP contribution in [0.15, 0.2) is 29.3 Å². The molecule has 0 aliphatic heterocycles. The van der Waals surface area contributed by atoms with Gasteiger partial charge in [0.2, 0.25) is 0 Å². The molecule has 0 heterocycles. The second-order valence-corrected chi connectivity index (χ2v) is 2.79. The first-order valence-electron chi connectivity index (χ1n) is 4.21. The van der Waals surface area contributed by atoms with Gasteiger partial charge in [-0.3, -0.25) is 4.99 Å². The van der Waals surface area contributed by atoms with Crippen LogP contribution in [0.5, 0.6) is 0 Å². The summed E-state index contributed by atoms with van der Waals surface area (Å²) in [5.41, 5.74) is 2.29. The first-order valence-corrected chi connectivity index (χ1v) is 4.21. The topological polar surface area (TPSA) is 12.4 Å². The second kappa shape index (κ2) is 4.70. The molecule has 0 unspecified atom stereocenters. The molecule has 0 aromatic heterocycles. The van der Waals surface area contributed by atoms with E-state index in [0.29, 0.717) is 0 Å². The molecule has 63 valence electrons. The van der Waals surface area contributed by atoms with Crippen LogP contribution in [0.4, 0.5) is 5.69 Å². The van der Waals surface area contributed by atoms with E-state index in [4.69, 9.17) is 0 Å². The minimum atomic E-state index is 0.912. The summed E-state index contributed by atoms with van der Waals surface area (Å²) in [7, 11) is 0. The van der Waals surface area contributed by atoms with Gasteiger partial charge in [-0.1, -0.05) is 24.6 Å². The summed E-state index contributed by atoms with van der Waals surface area (Å²) in [6.45, 7) is 5.81. The lowest BCUT2D eigenvalue weighted by atomic mass is 10.2. The number of aryl methyl sites for hydroxylation is 1. The van der Waals surface area contributed by atoms with Crippen LogP contribution in [-0.4, -0.2) is 6.21 Å². The predicted molar refractivity (Wildman–Crippen MR) is 53.9 cm³/mol. The molecule has 0 aliphatic carbocycles. The molecule has 0 bridgehead atoms. The maximum atomic E-state index is 4.27. The summed E-state index contributed by atoms with van der Waals surface area (Å²) in [6, 6.07) is 8.18. The van der Waals surface area contributed by atoms with Gasteiger partial charge >= 0.3 is 0 Å². The van der Waals surface area contributed by atoms with E-state index in [2.05, 4.69) is 31.0 Å². The zero-order valence-corrected chi connectivity index (χ0v) is 7.46. The van der Waals surface area contributed by atoms with Gasteiger partial charge in [0.1, 0.15) is 0 Å². The fraction of sp³-hybridized carbons (Fsp3) is 0.273. The van der Waals surface area contributed by atoms with Crippen LogP contribution < -0.4 is 0 Å². The van der Waals surface area contributed by atoms with Gasteiger partial charge in [0.15, 0.2) is 0 Å². The van der Waals surface area contributed by atoms with Crippen molar-refractivity contribution in [2.45, 2.75) is 19.8 Å². The molecule has 1 aromatic carbocycles. The Morgan fingerprint density at radius 1 is 1.33 bits per heavy atom. The third-order valence-corrected chi connectivity index (χ3v) is 1.61. The Labute approximate surface area is 74.2 Å². The van der Waals surface area contributed by atoms with Gasteiger partial charge in [-0.15, -0.1) is 0 Å². The lowest BCUT2D eigenvalue weighted by Crippen LogP contribution is -1.73. The monoisotopic (exact) mass is 160 g/mol. The Bertz CT molecular complexity index is 246. The summed E-state index contributed by atoms with van der Waals surface area (Å²) in [4.78, 5) is 4.27. The zero-order valence-electron chi connectivity index (χ0n) is 7.46. The fourth-order valence-corrected chi connectivity index (χ4v) is 0.892. The number of benzene rings is 1. The molecule has 0 spiro atoms. The normalized spacial score (nSPS) is 10.8. The van der Waals surface area contributed by atoms with Crippen molar-refractivity contribution in [1.82, 2.24) is 0 Å². The molecule has 0 amide bonds. The third kappa shape index (κ3) is 2.87. The number of unbranched alkanes of at least 4 members (excludes halogenated alkanes) is 1. The average molecular weight is 160 g/mol. The number of hydrogen-bond acceptors (Lipinski definition) is 1. The SMILES string of the molecule is [CH2]CCC=Nc1ccc(C)cc1. The van der Waals surface area contributed by atoms with E-state index in [-0.39, 0.29) is 0 Å². The van der Waals surface area contributed by atoms with Gasteiger partial charge in [0.05, 0.1) is 5.69 Å². The molecule has 0 fully saturated rings. The molecule has 0 atom stereocenters.